The van der Waals surface area contributed by atoms with Crippen molar-refractivity contribution in [3.05, 3.63) is 0 Å². The van der Waals surface area contributed by atoms with Crippen LogP contribution in [0.4, 0.5) is 0 Å². The van der Waals surface area contributed by atoms with Gasteiger partial charge in [0.25, 0.3) is 0 Å². The molecule has 0 spiro atoms. The summed E-state index contributed by atoms with van der Waals surface area (Å²) in [5.41, 5.74) is -0.735. The van der Waals surface area contributed by atoms with Gasteiger partial charge in [0.15, 0.2) is 5.96 Å². The maximum atomic E-state index is 12.3. The second-order valence-corrected chi connectivity index (χ2v) is 7.61. The van der Waals surface area contributed by atoms with E-state index in [9.17, 15) is 9.90 Å². The number of aliphatic hydroxyl groups is 1. The summed E-state index contributed by atoms with van der Waals surface area (Å²) in [5, 5.41) is 20.3. The van der Waals surface area contributed by atoms with Crippen LogP contribution < -0.4 is 16.0 Å². The first kappa shape index (κ1) is 20.0. The topological polar surface area (TPSA) is 85.8 Å². The highest BCUT2D eigenvalue weighted by atomic mass is 16.3. The summed E-state index contributed by atoms with van der Waals surface area (Å²) >= 11 is 0. The molecular weight excluding hydrogens is 316 g/mol. The number of amides is 1. The molecule has 2 rings (SSSR count). The van der Waals surface area contributed by atoms with Gasteiger partial charge in [0, 0.05) is 24.5 Å². The van der Waals surface area contributed by atoms with Crippen LogP contribution in [0.3, 0.4) is 0 Å². The molecule has 144 valence electrons. The number of guanidine groups is 1. The molecule has 0 aromatic rings. The van der Waals surface area contributed by atoms with E-state index in [2.05, 4.69) is 20.9 Å². The molecule has 2 saturated carbocycles. The lowest BCUT2D eigenvalue weighted by molar-refractivity contribution is -0.126. The van der Waals surface area contributed by atoms with Crippen molar-refractivity contribution in [3.8, 4) is 0 Å². The van der Waals surface area contributed by atoms with E-state index in [1.165, 1.54) is 0 Å². The van der Waals surface area contributed by atoms with Crippen LogP contribution in [0, 0.1) is 5.92 Å². The van der Waals surface area contributed by atoms with Crippen LogP contribution in [0.1, 0.15) is 72.1 Å². The Balaban J connectivity index is 1.89. The quantitative estimate of drug-likeness (QED) is 0.397. The van der Waals surface area contributed by atoms with Crippen LogP contribution >= 0.6 is 0 Å². The van der Waals surface area contributed by atoms with E-state index < -0.39 is 5.60 Å². The van der Waals surface area contributed by atoms with Gasteiger partial charge < -0.3 is 21.1 Å². The number of nitrogens with zero attached hydrogens (tertiary/aromatic N) is 1. The van der Waals surface area contributed by atoms with Crippen molar-refractivity contribution < 1.29 is 9.90 Å². The molecule has 0 saturated heterocycles. The lowest BCUT2D eigenvalue weighted by Crippen LogP contribution is -2.48. The molecule has 4 N–H and O–H groups in total. The van der Waals surface area contributed by atoms with Crippen LogP contribution in [-0.4, -0.2) is 47.7 Å². The summed E-state index contributed by atoms with van der Waals surface area (Å²) in [6.07, 6.45) is 7.62. The first-order valence-corrected chi connectivity index (χ1v) is 10.1. The number of hydrogen-bond donors (Lipinski definition) is 4. The van der Waals surface area contributed by atoms with Crippen molar-refractivity contribution in [2.75, 3.05) is 13.1 Å². The van der Waals surface area contributed by atoms with Gasteiger partial charge in [-0.15, -0.1) is 0 Å². The molecule has 0 aliphatic heterocycles. The van der Waals surface area contributed by atoms with E-state index in [1.54, 1.807) is 0 Å². The maximum Gasteiger partial charge on any atom is 0.223 e. The predicted octanol–water partition coefficient (Wildman–Crippen LogP) is 1.93. The molecule has 25 heavy (non-hydrogen) atoms. The first-order chi connectivity index (χ1) is 12.0. The Morgan fingerprint density at radius 1 is 1.08 bits per heavy atom. The fourth-order valence-electron chi connectivity index (χ4n) is 3.32. The number of rotatable bonds is 8. The van der Waals surface area contributed by atoms with E-state index in [1.807, 2.05) is 20.8 Å². The van der Waals surface area contributed by atoms with Crippen LogP contribution in [-0.2, 0) is 4.79 Å². The molecule has 0 aromatic carbocycles. The van der Waals surface area contributed by atoms with Gasteiger partial charge >= 0.3 is 0 Å². The Labute approximate surface area is 152 Å². The van der Waals surface area contributed by atoms with Gasteiger partial charge in [0.2, 0.25) is 5.91 Å². The number of nitrogens with one attached hydrogen (secondary N) is 3. The SMILES string of the molecule is CCNC(=NCC(O)(CC)CC)NC1CCCC(C(=O)NC2CC2)C1. The summed E-state index contributed by atoms with van der Waals surface area (Å²) in [5.74, 6) is 1.08. The number of carbonyl (C=O) groups is 1. The van der Waals surface area contributed by atoms with Crippen molar-refractivity contribution in [2.24, 2.45) is 10.9 Å². The lowest BCUT2D eigenvalue weighted by atomic mass is 9.85. The van der Waals surface area contributed by atoms with E-state index >= 15 is 0 Å². The van der Waals surface area contributed by atoms with Gasteiger partial charge in [-0.25, -0.2) is 0 Å². The Kier molecular flexibility index (Phi) is 7.54. The number of hydrogen-bond acceptors (Lipinski definition) is 3. The smallest absolute Gasteiger partial charge is 0.223 e. The minimum atomic E-state index is -0.735. The molecule has 2 atom stereocenters. The monoisotopic (exact) mass is 352 g/mol. The van der Waals surface area contributed by atoms with E-state index in [0.29, 0.717) is 25.4 Å². The molecule has 2 aliphatic rings. The average molecular weight is 353 g/mol. The highest BCUT2D eigenvalue weighted by Crippen LogP contribution is 2.26. The Morgan fingerprint density at radius 2 is 1.80 bits per heavy atom. The summed E-state index contributed by atoms with van der Waals surface area (Å²) in [6, 6.07) is 0.693. The van der Waals surface area contributed by atoms with Crippen molar-refractivity contribution >= 4 is 11.9 Å². The minimum Gasteiger partial charge on any atom is -0.388 e. The fraction of sp³-hybridized carbons (Fsp3) is 0.895. The van der Waals surface area contributed by atoms with E-state index in [0.717, 1.165) is 51.0 Å². The first-order valence-electron chi connectivity index (χ1n) is 10.1. The number of aliphatic imine (C=N–C) groups is 1. The highest BCUT2D eigenvalue weighted by molar-refractivity contribution is 5.81. The van der Waals surface area contributed by atoms with Crippen LogP contribution in [0.25, 0.3) is 0 Å². The molecule has 2 fully saturated rings. The molecule has 0 radical (unpaired) electrons. The Bertz CT molecular complexity index is 458. The molecule has 0 bridgehead atoms. The lowest BCUT2D eigenvalue weighted by Gasteiger charge is -2.30. The molecule has 1 amide bonds. The highest BCUT2D eigenvalue weighted by Gasteiger charge is 2.31. The molecule has 6 heteroatoms. The third-order valence-electron chi connectivity index (χ3n) is 5.50. The largest absolute Gasteiger partial charge is 0.388 e. The molecule has 2 aliphatic carbocycles. The van der Waals surface area contributed by atoms with Gasteiger partial charge in [-0.1, -0.05) is 20.3 Å². The molecule has 6 nitrogen and oxygen atoms in total. The average Bonchev–Trinajstić information content (AvgIpc) is 3.44. The van der Waals surface area contributed by atoms with Gasteiger partial charge in [0.1, 0.15) is 0 Å². The van der Waals surface area contributed by atoms with Crippen LogP contribution in [0.5, 0.6) is 0 Å². The molecular formula is C19H36N4O2. The van der Waals surface area contributed by atoms with Gasteiger partial charge in [-0.3, -0.25) is 9.79 Å². The Hall–Kier alpha value is -1.30. The zero-order valence-electron chi connectivity index (χ0n) is 16.1. The molecule has 0 heterocycles. The molecule has 2 unspecified atom stereocenters. The van der Waals surface area contributed by atoms with Crippen molar-refractivity contribution in [2.45, 2.75) is 89.8 Å². The Morgan fingerprint density at radius 3 is 2.40 bits per heavy atom. The summed E-state index contributed by atoms with van der Waals surface area (Å²) in [7, 11) is 0. The normalized spacial score (nSPS) is 24.7. The van der Waals surface area contributed by atoms with E-state index in [-0.39, 0.29) is 17.9 Å². The summed E-state index contributed by atoms with van der Waals surface area (Å²) in [4.78, 5) is 16.9. The van der Waals surface area contributed by atoms with Gasteiger partial charge in [-0.2, -0.15) is 0 Å². The third-order valence-corrected chi connectivity index (χ3v) is 5.50. The van der Waals surface area contributed by atoms with Gasteiger partial charge in [-0.05, 0) is 51.9 Å². The van der Waals surface area contributed by atoms with Crippen molar-refractivity contribution in [3.63, 3.8) is 0 Å². The predicted molar refractivity (Wildman–Crippen MR) is 102 cm³/mol. The molecule has 0 aromatic heterocycles. The fourth-order valence-corrected chi connectivity index (χ4v) is 3.32. The zero-order chi connectivity index (χ0) is 18.3. The van der Waals surface area contributed by atoms with Crippen molar-refractivity contribution in [1.29, 1.82) is 0 Å². The third kappa shape index (κ3) is 6.49. The van der Waals surface area contributed by atoms with Crippen LogP contribution in [0.15, 0.2) is 4.99 Å². The van der Waals surface area contributed by atoms with Crippen LogP contribution in [0.2, 0.25) is 0 Å². The zero-order valence-corrected chi connectivity index (χ0v) is 16.1. The van der Waals surface area contributed by atoms with Crippen molar-refractivity contribution in [1.82, 2.24) is 16.0 Å². The minimum absolute atomic E-state index is 0.109. The van der Waals surface area contributed by atoms with Gasteiger partial charge in [0.05, 0.1) is 12.1 Å². The second-order valence-electron chi connectivity index (χ2n) is 7.61. The summed E-state index contributed by atoms with van der Waals surface area (Å²) < 4.78 is 0. The second kappa shape index (κ2) is 9.41. The standard InChI is InChI=1S/C19H36N4O2/c1-4-19(25,5-2)13-21-18(20-6-3)23-16-9-7-8-14(12-16)17(24)22-15-10-11-15/h14-16,25H,4-13H2,1-3H3,(H,22,24)(H2,20,21,23). The maximum absolute atomic E-state index is 12.3. The number of carbonyl (C=O) groups excluding carboxylic acids is 1. The van der Waals surface area contributed by atoms with E-state index in [4.69, 9.17) is 0 Å². The summed E-state index contributed by atoms with van der Waals surface area (Å²) in [6.45, 7) is 7.19.